The predicted octanol–water partition coefficient (Wildman–Crippen LogP) is 3.61. The molecule has 0 aliphatic heterocycles. The number of aldehydes is 1. The van der Waals surface area contributed by atoms with Crippen LogP contribution >= 0.6 is 0 Å². The van der Waals surface area contributed by atoms with Crippen LogP contribution in [0.1, 0.15) is 55.5 Å². The summed E-state index contributed by atoms with van der Waals surface area (Å²) in [6.07, 6.45) is 7.74. The summed E-state index contributed by atoms with van der Waals surface area (Å²) < 4.78 is 0. The van der Waals surface area contributed by atoms with Crippen LogP contribution in [-0.4, -0.2) is 23.9 Å². The quantitative estimate of drug-likeness (QED) is 0.758. The maximum absolute atomic E-state index is 10.8. The first-order chi connectivity index (χ1) is 9.11. The number of nitrogens with zero attached hydrogens (tertiary/aromatic N) is 2. The SMILES string of the molecule is Cc1cc(C=O)cnc1N(CC(C)C)C1CCCC1. The zero-order valence-electron chi connectivity index (χ0n) is 12.2. The Bertz CT molecular complexity index is 436. The molecule has 0 atom stereocenters. The third kappa shape index (κ3) is 3.34. The van der Waals surface area contributed by atoms with Gasteiger partial charge in [0.25, 0.3) is 0 Å². The van der Waals surface area contributed by atoms with E-state index >= 15 is 0 Å². The van der Waals surface area contributed by atoms with Crippen LogP contribution < -0.4 is 4.90 Å². The lowest BCUT2D eigenvalue weighted by Crippen LogP contribution is -2.37. The lowest BCUT2D eigenvalue weighted by Gasteiger charge is -2.32. The number of hydrogen-bond donors (Lipinski definition) is 0. The fourth-order valence-electron chi connectivity index (χ4n) is 2.97. The minimum absolute atomic E-state index is 0.618. The van der Waals surface area contributed by atoms with Crippen LogP contribution in [-0.2, 0) is 0 Å². The molecule has 0 spiro atoms. The highest BCUT2D eigenvalue weighted by Gasteiger charge is 2.25. The normalized spacial score (nSPS) is 16.0. The summed E-state index contributed by atoms with van der Waals surface area (Å²) in [7, 11) is 0. The molecule has 2 rings (SSSR count). The van der Waals surface area contributed by atoms with Gasteiger partial charge in [-0.25, -0.2) is 4.98 Å². The minimum Gasteiger partial charge on any atom is -0.353 e. The molecule has 104 valence electrons. The Hall–Kier alpha value is -1.38. The average molecular weight is 260 g/mol. The topological polar surface area (TPSA) is 33.2 Å². The number of aromatic nitrogens is 1. The van der Waals surface area contributed by atoms with E-state index in [0.29, 0.717) is 17.5 Å². The second-order valence-corrected chi connectivity index (χ2v) is 6.01. The third-order valence-corrected chi connectivity index (χ3v) is 3.81. The Morgan fingerprint density at radius 2 is 2.11 bits per heavy atom. The van der Waals surface area contributed by atoms with E-state index in [2.05, 4.69) is 30.7 Å². The van der Waals surface area contributed by atoms with E-state index in [1.165, 1.54) is 25.7 Å². The van der Waals surface area contributed by atoms with Crippen molar-refractivity contribution in [1.29, 1.82) is 0 Å². The molecule has 1 heterocycles. The monoisotopic (exact) mass is 260 g/mol. The van der Waals surface area contributed by atoms with Gasteiger partial charge in [0.05, 0.1) is 0 Å². The number of carbonyl (C=O) groups is 1. The molecule has 0 radical (unpaired) electrons. The van der Waals surface area contributed by atoms with E-state index in [9.17, 15) is 4.79 Å². The fraction of sp³-hybridized carbons (Fsp3) is 0.625. The molecule has 1 fully saturated rings. The summed E-state index contributed by atoms with van der Waals surface area (Å²) in [5, 5.41) is 0. The van der Waals surface area contributed by atoms with Crippen molar-refractivity contribution in [1.82, 2.24) is 4.98 Å². The third-order valence-electron chi connectivity index (χ3n) is 3.81. The van der Waals surface area contributed by atoms with Gasteiger partial charge in [-0.3, -0.25) is 4.79 Å². The van der Waals surface area contributed by atoms with E-state index in [1.54, 1.807) is 6.20 Å². The summed E-state index contributed by atoms with van der Waals surface area (Å²) in [4.78, 5) is 17.8. The Kier molecular flexibility index (Phi) is 4.56. The Morgan fingerprint density at radius 3 is 2.63 bits per heavy atom. The first kappa shape index (κ1) is 14.0. The molecule has 0 saturated heterocycles. The number of carbonyl (C=O) groups excluding carboxylic acids is 1. The van der Waals surface area contributed by atoms with Crippen molar-refractivity contribution in [2.75, 3.05) is 11.4 Å². The molecule has 0 bridgehead atoms. The molecule has 1 aromatic rings. The molecule has 3 nitrogen and oxygen atoms in total. The van der Waals surface area contributed by atoms with Gasteiger partial charge < -0.3 is 4.90 Å². The van der Waals surface area contributed by atoms with Crippen LogP contribution in [0.15, 0.2) is 12.3 Å². The van der Waals surface area contributed by atoms with Gasteiger partial charge in [-0.15, -0.1) is 0 Å². The van der Waals surface area contributed by atoms with Crippen molar-refractivity contribution in [3.63, 3.8) is 0 Å². The van der Waals surface area contributed by atoms with Crippen LogP contribution in [0.3, 0.4) is 0 Å². The van der Waals surface area contributed by atoms with E-state index in [0.717, 1.165) is 24.2 Å². The van der Waals surface area contributed by atoms with Crippen LogP contribution in [0, 0.1) is 12.8 Å². The predicted molar refractivity (Wildman–Crippen MR) is 78.8 cm³/mol. The number of aryl methyl sites for hydroxylation is 1. The molecule has 0 N–H and O–H groups in total. The van der Waals surface area contributed by atoms with Gasteiger partial charge in [0, 0.05) is 24.3 Å². The van der Waals surface area contributed by atoms with Gasteiger partial charge in [0.15, 0.2) is 6.29 Å². The zero-order valence-corrected chi connectivity index (χ0v) is 12.2. The maximum Gasteiger partial charge on any atom is 0.151 e. The van der Waals surface area contributed by atoms with Crippen molar-refractivity contribution in [3.8, 4) is 0 Å². The minimum atomic E-state index is 0.618. The smallest absolute Gasteiger partial charge is 0.151 e. The molecule has 0 aromatic carbocycles. The van der Waals surface area contributed by atoms with E-state index in [4.69, 9.17) is 0 Å². The molecular formula is C16H24N2O. The lowest BCUT2D eigenvalue weighted by atomic mass is 10.1. The van der Waals surface area contributed by atoms with E-state index < -0.39 is 0 Å². The largest absolute Gasteiger partial charge is 0.353 e. The summed E-state index contributed by atoms with van der Waals surface area (Å²) in [5.41, 5.74) is 1.77. The van der Waals surface area contributed by atoms with Gasteiger partial charge >= 0.3 is 0 Å². The molecular weight excluding hydrogens is 236 g/mol. The molecule has 3 heteroatoms. The van der Waals surface area contributed by atoms with E-state index in [-0.39, 0.29) is 0 Å². The highest BCUT2D eigenvalue weighted by molar-refractivity contribution is 5.75. The van der Waals surface area contributed by atoms with Crippen molar-refractivity contribution in [2.24, 2.45) is 5.92 Å². The Labute approximate surface area is 116 Å². The molecule has 1 aliphatic carbocycles. The van der Waals surface area contributed by atoms with E-state index in [1.807, 2.05) is 6.07 Å². The zero-order chi connectivity index (χ0) is 13.8. The van der Waals surface area contributed by atoms with Crippen molar-refractivity contribution >= 4 is 12.1 Å². The molecule has 1 saturated carbocycles. The highest BCUT2D eigenvalue weighted by Crippen LogP contribution is 2.29. The van der Waals surface area contributed by atoms with Gasteiger partial charge in [0.2, 0.25) is 0 Å². The van der Waals surface area contributed by atoms with Crippen molar-refractivity contribution < 1.29 is 4.79 Å². The number of pyridine rings is 1. The highest BCUT2D eigenvalue weighted by atomic mass is 16.1. The van der Waals surface area contributed by atoms with Crippen molar-refractivity contribution in [2.45, 2.75) is 52.5 Å². The first-order valence-corrected chi connectivity index (χ1v) is 7.30. The number of hydrogen-bond acceptors (Lipinski definition) is 3. The first-order valence-electron chi connectivity index (χ1n) is 7.30. The van der Waals surface area contributed by atoms with Crippen molar-refractivity contribution in [3.05, 3.63) is 23.4 Å². The molecule has 0 amide bonds. The summed E-state index contributed by atoms with van der Waals surface area (Å²) in [6.45, 7) is 7.59. The fourth-order valence-corrected chi connectivity index (χ4v) is 2.97. The number of anilines is 1. The average Bonchev–Trinajstić information content (AvgIpc) is 2.89. The molecule has 19 heavy (non-hydrogen) atoms. The molecule has 0 unspecified atom stereocenters. The van der Waals surface area contributed by atoms with Crippen LogP contribution in [0.4, 0.5) is 5.82 Å². The maximum atomic E-state index is 10.8. The second kappa shape index (κ2) is 6.18. The van der Waals surface area contributed by atoms with Crippen LogP contribution in [0.2, 0.25) is 0 Å². The lowest BCUT2D eigenvalue weighted by molar-refractivity contribution is 0.112. The van der Waals surface area contributed by atoms with Crippen LogP contribution in [0.25, 0.3) is 0 Å². The van der Waals surface area contributed by atoms with Gasteiger partial charge in [-0.2, -0.15) is 0 Å². The summed E-state index contributed by atoms with van der Waals surface area (Å²) >= 11 is 0. The number of rotatable bonds is 5. The van der Waals surface area contributed by atoms with Gasteiger partial charge in [-0.1, -0.05) is 26.7 Å². The molecule has 1 aliphatic rings. The standard InChI is InChI=1S/C16H24N2O/c1-12(2)10-18(15-6-4-5-7-15)16-13(3)8-14(11-19)9-17-16/h8-9,11-12,15H,4-7,10H2,1-3H3. The van der Waals surface area contributed by atoms with Gasteiger partial charge in [0.1, 0.15) is 5.82 Å². The molecule has 1 aromatic heterocycles. The second-order valence-electron chi connectivity index (χ2n) is 6.01. The van der Waals surface area contributed by atoms with Gasteiger partial charge in [-0.05, 0) is 37.3 Å². The Balaban J connectivity index is 2.28. The summed E-state index contributed by atoms with van der Waals surface area (Å²) in [5.74, 6) is 1.68. The summed E-state index contributed by atoms with van der Waals surface area (Å²) in [6, 6.07) is 2.56. The Morgan fingerprint density at radius 1 is 1.42 bits per heavy atom. The van der Waals surface area contributed by atoms with Crippen LogP contribution in [0.5, 0.6) is 0 Å².